The SMILES string of the molecule is C=CC(C)=CC[C@H]1C(=C)CC[C@H]2[C@@](C)(CC)CCC[C@]12C. The maximum atomic E-state index is 4.45. The first-order valence-electron chi connectivity index (χ1n) is 8.84. The maximum Gasteiger partial charge on any atom is -0.0114 e. The van der Waals surface area contributed by atoms with Crippen molar-refractivity contribution in [2.45, 2.75) is 72.6 Å². The first-order valence-corrected chi connectivity index (χ1v) is 8.84. The summed E-state index contributed by atoms with van der Waals surface area (Å²) in [7, 11) is 0. The van der Waals surface area contributed by atoms with Gasteiger partial charge in [-0.25, -0.2) is 0 Å². The molecular weight excluding hydrogens is 252 g/mol. The summed E-state index contributed by atoms with van der Waals surface area (Å²) in [6.45, 7) is 18.0. The zero-order chi connectivity index (χ0) is 15.7. The van der Waals surface area contributed by atoms with Crippen LogP contribution in [-0.4, -0.2) is 0 Å². The predicted molar refractivity (Wildman–Crippen MR) is 94.3 cm³/mol. The second-order valence-electron chi connectivity index (χ2n) is 8.06. The molecule has 0 aromatic heterocycles. The molecular formula is C21H34. The zero-order valence-electron chi connectivity index (χ0n) is 14.7. The van der Waals surface area contributed by atoms with Crippen molar-refractivity contribution < 1.29 is 0 Å². The van der Waals surface area contributed by atoms with Gasteiger partial charge in [0.2, 0.25) is 0 Å². The van der Waals surface area contributed by atoms with Gasteiger partial charge in [0.15, 0.2) is 0 Å². The molecule has 0 aromatic rings. The molecule has 0 N–H and O–H groups in total. The highest BCUT2D eigenvalue weighted by Crippen LogP contribution is 2.62. The van der Waals surface area contributed by atoms with Gasteiger partial charge >= 0.3 is 0 Å². The molecule has 21 heavy (non-hydrogen) atoms. The summed E-state index contributed by atoms with van der Waals surface area (Å²) in [5.41, 5.74) is 3.81. The summed E-state index contributed by atoms with van der Waals surface area (Å²) in [5, 5.41) is 0. The highest BCUT2D eigenvalue weighted by molar-refractivity contribution is 5.20. The Morgan fingerprint density at radius 2 is 2.05 bits per heavy atom. The van der Waals surface area contributed by atoms with E-state index in [4.69, 9.17) is 0 Å². The van der Waals surface area contributed by atoms with Gasteiger partial charge in [-0.1, -0.05) is 70.1 Å². The summed E-state index contributed by atoms with van der Waals surface area (Å²) in [4.78, 5) is 0. The van der Waals surface area contributed by atoms with Crippen LogP contribution in [0.25, 0.3) is 0 Å². The third-order valence-corrected chi connectivity index (χ3v) is 6.95. The van der Waals surface area contributed by atoms with Crippen LogP contribution >= 0.6 is 0 Å². The molecule has 2 fully saturated rings. The molecule has 0 aromatic carbocycles. The Morgan fingerprint density at radius 3 is 2.67 bits per heavy atom. The molecule has 0 heterocycles. The second-order valence-corrected chi connectivity index (χ2v) is 8.06. The van der Waals surface area contributed by atoms with E-state index in [1.807, 2.05) is 6.08 Å². The van der Waals surface area contributed by atoms with Crippen molar-refractivity contribution in [1.82, 2.24) is 0 Å². The average Bonchev–Trinajstić information content (AvgIpc) is 2.45. The quantitative estimate of drug-likeness (QED) is 0.398. The number of allylic oxidation sites excluding steroid dienone is 4. The van der Waals surface area contributed by atoms with Gasteiger partial charge in [-0.05, 0) is 61.7 Å². The lowest BCUT2D eigenvalue weighted by atomic mass is 9.46. The Kier molecular flexibility index (Phi) is 4.85. The minimum absolute atomic E-state index is 0.455. The van der Waals surface area contributed by atoms with Crippen molar-refractivity contribution in [2.24, 2.45) is 22.7 Å². The van der Waals surface area contributed by atoms with Gasteiger partial charge in [-0.3, -0.25) is 0 Å². The molecule has 2 rings (SSSR count). The molecule has 0 radical (unpaired) electrons. The lowest BCUT2D eigenvalue weighted by molar-refractivity contribution is -0.0622. The summed E-state index contributed by atoms with van der Waals surface area (Å²) in [6.07, 6.45) is 13.6. The van der Waals surface area contributed by atoms with Crippen molar-refractivity contribution in [3.05, 3.63) is 36.5 Å². The van der Waals surface area contributed by atoms with Gasteiger partial charge in [0.05, 0.1) is 0 Å². The van der Waals surface area contributed by atoms with Crippen LogP contribution in [0.2, 0.25) is 0 Å². The van der Waals surface area contributed by atoms with Crippen molar-refractivity contribution in [1.29, 1.82) is 0 Å². The van der Waals surface area contributed by atoms with Gasteiger partial charge in [-0.2, -0.15) is 0 Å². The number of fused-ring (bicyclic) bond motifs is 1. The van der Waals surface area contributed by atoms with Crippen LogP contribution in [0.1, 0.15) is 72.6 Å². The van der Waals surface area contributed by atoms with Crippen molar-refractivity contribution in [2.75, 3.05) is 0 Å². The van der Waals surface area contributed by atoms with E-state index >= 15 is 0 Å². The predicted octanol–water partition coefficient (Wildman–Crippen LogP) is 6.70. The molecule has 2 aliphatic rings. The molecule has 2 aliphatic carbocycles. The second kappa shape index (κ2) is 6.15. The molecule has 0 heteroatoms. The molecule has 0 bridgehead atoms. The van der Waals surface area contributed by atoms with E-state index < -0.39 is 0 Å². The Bertz CT molecular complexity index is 441. The van der Waals surface area contributed by atoms with Crippen LogP contribution in [0, 0.1) is 22.7 Å². The van der Waals surface area contributed by atoms with E-state index in [2.05, 4.69) is 46.9 Å². The van der Waals surface area contributed by atoms with Gasteiger partial charge in [-0.15, -0.1) is 0 Å². The lowest BCUT2D eigenvalue weighted by Gasteiger charge is -2.59. The summed E-state index contributed by atoms with van der Waals surface area (Å²) >= 11 is 0. The zero-order valence-corrected chi connectivity index (χ0v) is 14.7. The summed E-state index contributed by atoms with van der Waals surface area (Å²) in [6, 6.07) is 0. The van der Waals surface area contributed by atoms with Gasteiger partial charge in [0, 0.05) is 0 Å². The molecule has 0 spiro atoms. The van der Waals surface area contributed by atoms with Gasteiger partial charge in [0.25, 0.3) is 0 Å². The van der Waals surface area contributed by atoms with Crippen LogP contribution in [0.4, 0.5) is 0 Å². The van der Waals surface area contributed by atoms with Crippen LogP contribution in [0.5, 0.6) is 0 Å². The fourth-order valence-electron chi connectivity index (χ4n) is 5.33. The van der Waals surface area contributed by atoms with Gasteiger partial charge < -0.3 is 0 Å². The molecule has 0 nitrogen and oxygen atoms in total. The fraction of sp³-hybridized carbons (Fsp3) is 0.714. The number of hydrogen-bond acceptors (Lipinski definition) is 0. The third kappa shape index (κ3) is 2.91. The van der Waals surface area contributed by atoms with E-state index in [1.165, 1.54) is 49.7 Å². The number of rotatable bonds is 4. The highest BCUT2D eigenvalue weighted by Gasteiger charge is 2.53. The normalized spacial score (nSPS) is 40.8. The van der Waals surface area contributed by atoms with Crippen LogP contribution in [0.15, 0.2) is 36.5 Å². The van der Waals surface area contributed by atoms with Gasteiger partial charge in [0.1, 0.15) is 0 Å². The Morgan fingerprint density at radius 1 is 1.33 bits per heavy atom. The van der Waals surface area contributed by atoms with Crippen molar-refractivity contribution in [3.63, 3.8) is 0 Å². The maximum absolute atomic E-state index is 4.45. The molecule has 0 saturated heterocycles. The monoisotopic (exact) mass is 286 g/mol. The number of hydrogen-bond donors (Lipinski definition) is 0. The fourth-order valence-corrected chi connectivity index (χ4v) is 5.33. The van der Waals surface area contributed by atoms with E-state index in [-0.39, 0.29) is 0 Å². The van der Waals surface area contributed by atoms with Crippen LogP contribution < -0.4 is 0 Å². The first kappa shape index (κ1) is 16.6. The average molecular weight is 287 g/mol. The molecule has 2 saturated carbocycles. The standard InChI is InChI=1S/C21H34/c1-7-16(3)10-12-18-17(4)11-13-19-20(5,8-2)14-9-15-21(18,19)6/h7,10,18-19H,1,4,8-9,11-15H2,2-3,5-6H3/t18-,19-,20-,21+/m0/s1. The minimum atomic E-state index is 0.455. The summed E-state index contributed by atoms with van der Waals surface area (Å²) in [5.74, 6) is 1.54. The highest BCUT2D eigenvalue weighted by atomic mass is 14.6. The largest absolute Gasteiger partial charge is 0.0995 e. The van der Waals surface area contributed by atoms with Crippen LogP contribution in [0.3, 0.4) is 0 Å². The Labute approximate surface area is 132 Å². The first-order chi connectivity index (χ1) is 9.87. The van der Waals surface area contributed by atoms with Crippen LogP contribution in [-0.2, 0) is 0 Å². The van der Waals surface area contributed by atoms with E-state index in [0.717, 1.165) is 12.3 Å². The van der Waals surface area contributed by atoms with E-state index in [1.54, 1.807) is 0 Å². The minimum Gasteiger partial charge on any atom is -0.0995 e. The van der Waals surface area contributed by atoms with E-state index in [0.29, 0.717) is 16.7 Å². The topological polar surface area (TPSA) is 0 Å². The molecule has 4 atom stereocenters. The molecule has 118 valence electrons. The Balaban J connectivity index is 2.31. The van der Waals surface area contributed by atoms with Crippen molar-refractivity contribution in [3.8, 4) is 0 Å². The Hall–Kier alpha value is -0.780. The van der Waals surface area contributed by atoms with Crippen molar-refractivity contribution >= 4 is 0 Å². The third-order valence-electron chi connectivity index (χ3n) is 6.95. The van der Waals surface area contributed by atoms with E-state index in [9.17, 15) is 0 Å². The smallest absolute Gasteiger partial charge is 0.0114 e. The molecule has 0 unspecified atom stereocenters. The molecule has 0 aliphatic heterocycles. The lowest BCUT2D eigenvalue weighted by Crippen LogP contribution is -2.50. The summed E-state index contributed by atoms with van der Waals surface area (Å²) < 4.78 is 0. The molecule has 0 amide bonds.